The van der Waals surface area contributed by atoms with E-state index in [-0.39, 0.29) is 0 Å². The molecule has 0 saturated heterocycles. The van der Waals surface area contributed by atoms with E-state index in [1.165, 1.54) is 19.3 Å². The van der Waals surface area contributed by atoms with E-state index < -0.39 is 0 Å². The number of rotatable bonds is 2. The first-order valence-corrected chi connectivity index (χ1v) is 6.06. The van der Waals surface area contributed by atoms with Crippen molar-refractivity contribution in [2.24, 2.45) is 29.1 Å². The molecule has 76 valence electrons. The lowest BCUT2D eigenvalue weighted by Crippen LogP contribution is -2.25. The van der Waals surface area contributed by atoms with E-state index in [0.717, 1.165) is 29.1 Å². The normalized spacial score (nSPS) is 43.8. The Balaban J connectivity index is 2.03. The van der Waals surface area contributed by atoms with Gasteiger partial charge in [0.15, 0.2) is 0 Å². The van der Waals surface area contributed by atoms with Gasteiger partial charge in [-0.25, -0.2) is 0 Å². The maximum Gasteiger partial charge on any atom is -0.0240 e. The zero-order valence-corrected chi connectivity index (χ0v) is 9.64. The van der Waals surface area contributed by atoms with Crippen LogP contribution < -0.4 is 0 Å². The minimum atomic E-state index is 0.799. The number of hydrogen-bond acceptors (Lipinski definition) is 0. The van der Waals surface area contributed by atoms with Gasteiger partial charge in [0.05, 0.1) is 0 Å². The quantitative estimate of drug-likeness (QED) is 0.600. The van der Waals surface area contributed by atoms with Crippen molar-refractivity contribution >= 4 is 0 Å². The van der Waals surface area contributed by atoms with Crippen molar-refractivity contribution in [1.82, 2.24) is 0 Å². The lowest BCUT2D eigenvalue weighted by molar-refractivity contribution is 0.161. The summed E-state index contributed by atoms with van der Waals surface area (Å²) >= 11 is 0. The SMILES string of the molecule is CC(C)C1CCC2CC2(C(C)C)C1. The minimum absolute atomic E-state index is 0.799. The summed E-state index contributed by atoms with van der Waals surface area (Å²) in [6, 6.07) is 0. The Morgan fingerprint density at radius 1 is 1.00 bits per heavy atom. The summed E-state index contributed by atoms with van der Waals surface area (Å²) in [4.78, 5) is 0. The fraction of sp³-hybridized carbons (Fsp3) is 1.00. The first-order chi connectivity index (χ1) is 6.06. The van der Waals surface area contributed by atoms with Crippen LogP contribution in [0.3, 0.4) is 0 Å². The summed E-state index contributed by atoms with van der Waals surface area (Å²) < 4.78 is 0. The third kappa shape index (κ3) is 1.43. The van der Waals surface area contributed by atoms with E-state index in [1.807, 2.05) is 0 Å². The third-order valence-corrected chi connectivity index (χ3v) is 4.90. The number of fused-ring (bicyclic) bond motifs is 1. The molecule has 0 amide bonds. The molecular formula is C13H24. The lowest BCUT2D eigenvalue weighted by atomic mass is 9.71. The zero-order valence-electron chi connectivity index (χ0n) is 9.64. The van der Waals surface area contributed by atoms with E-state index >= 15 is 0 Å². The van der Waals surface area contributed by atoms with Crippen LogP contribution in [-0.4, -0.2) is 0 Å². The molecule has 0 aromatic heterocycles. The van der Waals surface area contributed by atoms with Crippen molar-refractivity contribution in [3.05, 3.63) is 0 Å². The third-order valence-electron chi connectivity index (χ3n) is 4.90. The van der Waals surface area contributed by atoms with Gasteiger partial charge in [-0.2, -0.15) is 0 Å². The summed E-state index contributed by atoms with van der Waals surface area (Å²) in [6.07, 6.45) is 6.12. The second-order valence-electron chi connectivity index (χ2n) is 6.07. The maximum absolute atomic E-state index is 2.43. The van der Waals surface area contributed by atoms with Crippen LogP contribution in [0.25, 0.3) is 0 Å². The van der Waals surface area contributed by atoms with Crippen molar-refractivity contribution in [1.29, 1.82) is 0 Å². The van der Waals surface area contributed by atoms with Gasteiger partial charge in [-0.05, 0) is 54.8 Å². The molecule has 0 N–H and O–H groups in total. The molecule has 0 aliphatic heterocycles. The van der Waals surface area contributed by atoms with E-state index in [4.69, 9.17) is 0 Å². The average molecular weight is 180 g/mol. The fourth-order valence-electron chi connectivity index (χ4n) is 3.56. The fourth-order valence-corrected chi connectivity index (χ4v) is 3.56. The Morgan fingerprint density at radius 2 is 1.69 bits per heavy atom. The molecule has 0 spiro atoms. The van der Waals surface area contributed by atoms with Crippen LogP contribution >= 0.6 is 0 Å². The van der Waals surface area contributed by atoms with E-state index in [9.17, 15) is 0 Å². The van der Waals surface area contributed by atoms with Gasteiger partial charge in [-0.15, -0.1) is 0 Å². The molecule has 3 atom stereocenters. The zero-order chi connectivity index (χ0) is 9.64. The van der Waals surface area contributed by atoms with Gasteiger partial charge in [0.1, 0.15) is 0 Å². The van der Waals surface area contributed by atoms with Gasteiger partial charge in [0.25, 0.3) is 0 Å². The second kappa shape index (κ2) is 3.00. The number of hydrogen-bond donors (Lipinski definition) is 0. The highest BCUT2D eigenvalue weighted by Crippen LogP contribution is 2.67. The van der Waals surface area contributed by atoms with Crippen LogP contribution in [0.1, 0.15) is 53.4 Å². The molecule has 3 unspecified atom stereocenters. The molecule has 0 heterocycles. The highest BCUT2D eigenvalue weighted by atomic mass is 14.6. The first-order valence-electron chi connectivity index (χ1n) is 6.06. The van der Waals surface area contributed by atoms with Crippen LogP contribution in [0.4, 0.5) is 0 Å². The summed E-state index contributed by atoms with van der Waals surface area (Å²) in [5.74, 6) is 3.99. The van der Waals surface area contributed by atoms with Crippen molar-refractivity contribution in [2.75, 3.05) is 0 Å². The van der Waals surface area contributed by atoms with E-state index in [2.05, 4.69) is 27.7 Å². The summed E-state index contributed by atoms with van der Waals surface area (Å²) in [6.45, 7) is 9.67. The maximum atomic E-state index is 2.43. The summed E-state index contributed by atoms with van der Waals surface area (Å²) in [5, 5.41) is 0. The van der Waals surface area contributed by atoms with Gasteiger partial charge in [0, 0.05) is 0 Å². The summed E-state index contributed by atoms with van der Waals surface area (Å²) in [7, 11) is 0. The second-order valence-corrected chi connectivity index (χ2v) is 6.07. The van der Waals surface area contributed by atoms with Gasteiger partial charge < -0.3 is 0 Å². The Labute approximate surface area is 83.1 Å². The Bertz CT molecular complexity index is 192. The van der Waals surface area contributed by atoms with Crippen molar-refractivity contribution < 1.29 is 0 Å². The molecule has 2 aliphatic carbocycles. The Morgan fingerprint density at radius 3 is 2.23 bits per heavy atom. The van der Waals surface area contributed by atoms with Gasteiger partial charge in [0.2, 0.25) is 0 Å². The molecule has 2 saturated carbocycles. The Kier molecular flexibility index (Phi) is 2.20. The molecule has 13 heavy (non-hydrogen) atoms. The molecule has 2 aliphatic rings. The summed E-state index contributed by atoms with van der Waals surface area (Å²) in [5.41, 5.74) is 0.799. The first kappa shape index (κ1) is 9.55. The molecule has 0 heteroatoms. The van der Waals surface area contributed by atoms with Crippen LogP contribution in [-0.2, 0) is 0 Å². The topological polar surface area (TPSA) is 0 Å². The van der Waals surface area contributed by atoms with Crippen molar-refractivity contribution in [2.45, 2.75) is 53.4 Å². The van der Waals surface area contributed by atoms with Crippen molar-refractivity contribution in [3.63, 3.8) is 0 Å². The van der Waals surface area contributed by atoms with Gasteiger partial charge in [-0.1, -0.05) is 27.7 Å². The molecule has 0 nitrogen and oxygen atoms in total. The molecule has 0 aromatic carbocycles. The predicted octanol–water partition coefficient (Wildman–Crippen LogP) is 4.10. The van der Waals surface area contributed by atoms with Crippen LogP contribution in [0.15, 0.2) is 0 Å². The highest BCUT2D eigenvalue weighted by Gasteiger charge is 2.58. The van der Waals surface area contributed by atoms with Gasteiger partial charge >= 0.3 is 0 Å². The van der Waals surface area contributed by atoms with Crippen LogP contribution in [0.2, 0.25) is 0 Å². The highest BCUT2D eigenvalue weighted by molar-refractivity contribution is 5.07. The van der Waals surface area contributed by atoms with E-state index in [1.54, 1.807) is 6.42 Å². The predicted molar refractivity (Wildman–Crippen MR) is 57.6 cm³/mol. The molecular weight excluding hydrogens is 156 g/mol. The van der Waals surface area contributed by atoms with Gasteiger partial charge in [-0.3, -0.25) is 0 Å². The van der Waals surface area contributed by atoms with E-state index in [0.29, 0.717) is 0 Å². The lowest BCUT2D eigenvalue weighted by Gasteiger charge is -2.34. The van der Waals surface area contributed by atoms with Crippen molar-refractivity contribution in [3.8, 4) is 0 Å². The van der Waals surface area contributed by atoms with Crippen LogP contribution in [0, 0.1) is 29.1 Å². The Hall–Kier alpha value is 0. The smallest absolute Gasteiger partial charge is 0.0240 e. The minimum Gasteiger partial charge on any atom is -0.0625 e. The standard InChI is InChI=1S/C13H24/c1-9(2)11-5-6-12-8-13(12,7-11)10(3)4/h9-12H,5-8H2,1-4H3. The molecule has 2 rings (SSSR count). The molecule has 2 fully saturated rings. The van der Waals surface area contributed by atoms with Crippen LogP contribution in [0.5, 0.6) is 0 Å². The molecule has 0 aromatic rings. The largest absolute Gasteiger partial charge is 0.0625 e. The molecule has 0 bridgehead atoms. The molecule has 0 radical (unpaired) electrons. The monoisotopic (exact) mass is 180 g/mol. The average Bonchev–Trinajstić information content (AvgIpc) is 2.77.